The Bertz CT molecular complexity index is 528. The predicted molar refractivity (Wildman–Crippen MR) is 90.8 cm³/mol. The first-order valence-electron chi connectivity index (χ1n) is 8.24. The Morgan fingerprint density at radius 1 is 1.28 bits per heavy atom. The van der Waals surface area contributed by atoms with Gasteiger partial charge in [-0.05, 0) is 33.6 Å². The van der Waals surface area contributed by atoms with Gasteiger partial charge in [0, 0.05) is 18.9 Å². The lowest BCUT2D eigenvalue weighted by Gasteiger charge is -2.32. The number of alkyl carbamates (subject to hydrolysis) is 1. The molecule has 0 aromatic rings. The minimum absolute atomic E-state index is 0.194. The molecule has 5 atom stereocenters. The van der Waals surface area contributed by atoms with Crippen molar-refractivity contribution >= 4 is 18.0 Å². The number of aliphatic hydroxyl groups excluding tert-OH is 1. The van der Waals surface area contributed by atoms with Gasteiger partial charge in [0.1, 0.15) is 5.60 Å². The van der Waals surface area contributed by atoms with Crippen molar-refractivity contribution in [1.29, 1.82) is 0 Å². The number of carboxylic acids is 1. The molecule has 1 aliphatic rings. The summed E-state index contributed by atoms with van der Waals surface area (Å²) in [6.45, 7) is 10.00. The first kappa shape index (κ1) is 21.0. The van der Waals surface area contributed by atoms with Crippen molar-refractivity contribution in [2.75, 3.05) is 0 Å². The SMILES string of the molecule is C=CC(O)C(NC(C)=O)[C@@H]1CC(C(=O)O)C[C@@H]1NC(=O)OC(C)(C)C. The quantitative estimate of drug-likeness (QED) is 0.527. The zero-order valence-electron chi connectivity index (χ0n) is 15.1. The number of amides is 2. The summed E-state index contributed by atoms with van der Waals surface area (Å²) in [6.07, 6.45) is -0.0445. The van der Waals surface area contributed by atoms with E-state index in [1.165, 1.54) is 13.0 Å². The number of carbonyl (C=O) groups excluding carboxylic acids is 2. The van der Waals surface area contributed by atoms with Crippen molar-refractivity contribution in [3.05, 3.63) is 12.7 Å². The lowest BCUT2D eigenvalue weighted by molar-refractivity contribution is -0.141. The molecule has 0 bridgehead atoms. The van der Waals surface area contributed by atoms with Gasteiger partial charge in [0.15, 0.2) is 0 Å². The van der Waals surface area contributed by atoms with Gasteiger partial charge in [-0.1, -0.05) is 6.08 Å². The summed E-state index contributed by atoms with van der Waals surface area (Å²) in [6, 6.07) is -1.30. The molecule has 0 aliphatic heterocycles. The lowest BCUT2D eigenvalue weighted by Crippen LogP contribution is -2.53. The van der Waals surface area contributed by atoms with Gasteiger partial charge in [-0.25, -0.2) is 4.79 Å². The van der Waals surface area contributed by atoms with Gasteiger partial charge < -0.3 is 25.6 Å². The fourth-order valence-electron chi connectivity index (χ4n) is 3.12. The Morgan fingerprint density at radius 2 is 1.88 bits per heavy atom. The molecule has 2 amide bonds. The van der Waals surface area contributed by atoms with Crippen LogP contribution in [0.3, 0.4) is 0 Å². The second-order valence-corrected chi connectivity index (χ2v) is 7.38. The Kier molecular flexibility index (Phi) is 6.98. The molecule has 0 aromatic carbocycles. The zero-order chi connectivity index (χ0) is 19.4. The van der Waals surface area contributed by atoms with Crippen molar-refractivity contribution in [2.45, 2.75) is 64.3 Å². The normalized spacial score (nSPS) is 25.6. The van der Waals surface area contributed by atoms with Gasteiger partial charge >= 0.3 is 12.1 Å². The summed E-state index contributed by atoms with van der Waals surface area (Å²) in [5, 5.41) is 24.8. The Hall–Kier alpha value is -2.09. The highest BCUT2D eigenvalue weighted by atomic mass is 16.6. The smallest absolute Gasteiger partial charge is 0.407 e. The van der Waals surface area contributed by atoms with E-state index in [0.29, 0.717) is 0 Å². The summed E-state index contributed by atoms with van der Waals surface area (Å²) in [7, 11) is 0. The molecule has 0 heterocycles. The number of ether oxygens (including phenoxy) is 1. The second-order valence-electron chi connectivity index (χ2n) is 7.38. The molecule has 0 radical (unpaired) electrons. The summed E-state index contributed by atoms with van der Waals surface area (Å²) in [4.78, 5) is 34.9. The van der Waals surface area contributed by atoms with Gasteiger partial charge in [-0.2, -0.15) is 0 Å². The number of aliphatic hydroxyl groups is 1. The summed E-state index contributed by atoms with van der Waals surface area (Å²) in [5.41, 5.74) is -0.692. The number of nitrogens with one attached hydrogen (secondary N) is 2. The number of carboxylic acid groups (broad SMARTS) is 1. The molecule has 25 heavy (non-hydrogen) atoms. The monoisotopic (exact) mass is 356 g/mol. The highest BCUT2D eigenvalue weighted by Gasteiger charge is 2.44. The van der Waals surface area contributed by atoms with Gasteiger partial charge in [0.25, 0.3) is 0 Å². The molecule has 0 saturated heterocycles. The summed E-state index contributed by atoms with van der Waals surface area (Å²) in [5.74, 6) is -2.49. The Morgan fingerprint density at radius 3 is 2.32 bits per heavy atom. The highest BCUT2D eigenvalue weighted by molar-refractivity contribution is 5.74. The van der Waals surface area contributed by atoms with Crippen molar-refractivity contribution < 1.29 is 29.3 Å². The van der Waals surface area contributed by atoms with E-state index in [2.05, 4.69) is 17.2 Å². The maximum atomic E-state index is 12.1. The topological polar surface area (TPSA) is 125 Å². The molecule has 1 rings (SSSR count). The van der Waals surface area contributed by atoms with Crippen molar-refractivity contribution in [2.24, 2.45) is 11.8 Å². The van der Waals surface area contributed by atoms with Crippen molar-refractivity contribution in [3.8, 4) is 0 Å². The number of hydrogen-bond acceptors (Lipinski definition) is 5. The molecule has 8 heteroatoms. The molecule has 0 aromatic heterocycles. The average Bonchev–Trinajstić information content (AvgIpc) is 2.85. The first-order valence-corrected chi connectivity index (χ1v) is 8.24. The lowest BCUT2D eigenvalue weighted by atomic mass is 9.89. The molecular weight excluding hydrogens is 328 g/mol. The Balaban J connectivity index is 3.00. The standard InChI is InChI=1S/C17H28N2O6/c1-6-13(21)14(18-9(2)20)11-7-10(15(22)23)8-12(11)19-16(24)25-17(3,4)5/h6,10-14,21H,1,7-8H2,2-5H3,(H,18,20)(H,19,24)(H,22,23)/t10?,11-,12+,13?,14?/m1/s1. The first-order chi connectivity index (χ1) is 11.4. The fourth-order valence-corrected chi connectivity index (χ4v) is 3.12. The van der Waals surface area contributed by atoms with E-state index in [1.54, 1.807) is 20.8 Å². The molecule has 4 N–H and O–H groups in total. The molecule has 1 saturated carbocycles. The predicted octanol–water partition coefficient (Wildman–Crippen LogP) is 1.04. The van der Waals surface area contributed by atoms with E-state index in [4.69, 9.17) is 4.74 Å². The third kappa shape index (κ3) is 6.38. The third-order valence-corrected chi connectivity index (χ3v) is 4.10. The van der Waals surface area contributed by atoms with Crippen molar-refractivity contribution in [1.82, 2.24) is 10.6 Å². The fraction of sp³-hybridized carbons (Fsp3) is 0.706. The van der Waals surface area contributed by atoms with E-state index in [-0.39, 0.29) is 18.7 Å². The minimum Gasteiger partial charge on any atom is -0.481 e. The number of carbonyl (C=O) groups is 3. The minimum atomic E-state index is -1.07. The summed E-state index contributed by atoms with van der Waals surface area (Å²) < 4.78 is 5.22. The van der Waals surface area contributed by atoms with Gasteiger partial charge in [0.05, 0.1) is 18.1 Å². The average molecular weight is 356 g/mol. The van der Waals surface area contributed by atoms with Crippen LogP contribution in [0.4, 0.5) is 4.79 Å². The van der Waals surface area contributed by atoms with E-state index in [9.17, 15) is 24.6 Å². The van der Waals surface area contributed by atoms with Crippen LogP contribution < -0.4 is 10.6 Å². The van der Waals surface area contributed by atoms with Crippen LogP contribution in [-0.4, -0.2) is 52.0 Å². The highest BCUT2D eigenvalue weighted by Crippen LogP contribution is 2.35. The van der Waals surface area contributed by atoms with Gasteiger partial charge in [0.2, 0.25) is 5.91 Å². The zero-order valence-corrected chi connectivity index (χ0v) is 15.1. The molecule has 0 spiro atoms. The van der Waals surface area contributed by atoms with E-state index in [0.717, 1.165) is 0 Å². The summed E-state index contributed by atoms with van der Waals surface area (Å²) >= 11 is 0. The number of aliphatic carboxylic acids is 1. The molecule has 3 unspecified atom stereocenters. The molecule has 1 aliphatic carbocycles. The molecular formula is C17H28N2O6. The molecule has 8 nitrogen and oxygen atoms in total. The molecule has 1 fully saturated rings. The van der Waals surface area contributed by atoms with Crippen LogP contribution in [0.15, 0.2) is 12.7 Å². The van der Waals surface area contributed by atoms with Crippen LogP contribution in [0, 0.1) is 11.8 Å². The third-order valence-electron chi connectivity index (χ3n) is 4.10. The van der Waals surface area contributed by atoms with Crippen LogP contribution in [-0.2, 0) is 14.3 Å². The van der Waals surface area contributed by atoms with E-state index < -0.39 is 47.7 Å². The Labute approximate surface area is 147 Å². The second kappa shape index (κ2) is 8.33. The maximum Gasteiger partial charge on any atom is 0.407 e. The van der Waals surface area contributed by atoms with E-state index in [1.807, 2.05) is 0 Å². The maximum absolute atomic E-state index is 12.1. The largest absolute Gasteiger partial charge is 0.481 e. The van der Waals surface area contributed by atoms with E-state index >= 15 is 0 Å². The van der Waals surface area contributed by atoms with Crippen LogP contribution in [0.2, 0.25) is 0 Å². The van der Waals surface area contributed by atoms with Crippen LogP contribution in [0.5, 0.6) is 0 Å². The van der Waals surface area contributed by atoms with Crippen molar-refractivity contribution in [3.63, 3.8) is 0 Å². The number of rotatable bonds is 6. The van der Waals surface area contributed by atoms with Gasteiger partial charge in [-0.3, -0.25) is 9.59 Å². The van der Waals surface area contributed by atoms with Gasteiger partial charge in [-0.15, -0.1) is 6.58 Å². The van der Waals surface area contributed by atoms with Crippen LogP contribution in [0.25, 0.3) is 0 Å². The number of hydrogen-bond donors (Lipinski definition) is 4. The van der Waals surface area contributed by atoms with Crippen LogP contribution in [0.1, 0.15) is 40.5 Å². The van der Waals surface area contributed by atoms with Crippen LogP contribution >= 0.6 is 0 Å². The molecule has 142 valence electrons.